The molecule has 0 heterocycles. The average Bonchev–Trinajstić information content (AvgIpc) is 2.49. The van der Waals surface area contributed by atoms with Crippen molar-refractivity contribution in [2.75, 3.05) is 27.4 Å². The smallest absolute Gasteiger partial charge is 0.309 e. The van der Waals surface area contributed by atoms with Crippen molar-refractivity contribution in [3.63, 3.8) is 0 Å². The molecule has 2 N–H and O–H groups in total. The summed E-state index contributed by atoms with van der Waals surface area (Å²) in [6, 6.07) is 7.25. The first-order valence-electron chi connectivity index (χ1n) is 6.35. The zero-order chi connectivity index (χ0) is 14.8. The minimum Gasteiger partial charge on any atom is -0.497 e. The second-order valence-corrected chi connectivity index (χ2v) is 4.13. The van der Waals surface area contributed by atoms with Crippen molar-refractivity contribution < 1.29 is 19.1 Å². The van der Waals surface area contributed by atoms with E-state index >= 15 is 0 Å². The molecule has 0 saturated carbocycles. The summed E-state index contributed by atoms with van der Waals surface area (Å²) >= 11 is 0. The van der Waals surface area contributed by atoms with E-state index in [0.717, 1.165) is 11.3 Å². The summed E-state index contributed by atoms with van der Waals surface area (Å²) in [5, 5.41) is 5.07. The fourth-order valence-electron chi connectivity index (χ4n) is 1.50. The molecule has 0 unspecified atom stereocenters. The summed E-state index contributed by atoms with van der Waals surface area (Å²) in [5.41, 5.74) is 0.895. The number of hydrogen-bond donors (Lipinski definition) is 2. The summed E-state index contributed by atoms with van der Waals surface area (Å²) in [6.07, 6.45) is 0.675. The maximum Gasteiger partial charge on any atom is 0.309 e. The van der Waals surface area contributed by atoms with E-state index in [1.807, 2.05) is 12.1 Å². The second-order valence-electron chi connectivity index (χ2n) is 4.13. The average molecular weight is 280 g/mol. The summed E-state index contributed by atoms with van der Waals surface area (Å²) < 4.78 is 9.88. The van der Waals surface area contributed by atoms with Gasteiger partial charge in [0.25, 0.3) is 0 Å². The molecule has 1 rings (SSSR count). The van der Waals surface area contributed by atoms with Gasteiger partial charge < -0.3 is 20.1 Å². The lowest BCUT2D eigenvalue weighted by Crippen LogP contribution is -2.40. The SMILES string of the molecule is COCCCNC(=O)C(=O)NCc1ccc(OC)cc1. The highest BCUT2D eigenvalue weighted by Crippen LogP contribution is 2.10. The van der Waals surface area contributed by atoms with Crippen LogP contribution in [0.15, 0.2) is 24.3 Å². The van der Waals surface area contributed by atoms with Gasteiger partial charge in [0.1, 0.15) is 5.75 Å². The van der Waals surface area contributed by atoms with Crippen LogP contribution in [-0.4, -0.2) is 39.2 Å². The molecule has 0 spiro atoms. The molecule has 1 aromatic carbocycles. The van der Waals surface area contributed by atoms with Gasteiger partial charge in [0.2, 0.25) is 0 Å². The fourth-order valence-corrected chi connectivity index (χ4v) is 1.50. The molecule has 0 aromatic heterocycles. The zero-order valence-corrected chi connectivity index (χ0v) is 11.8. The lowest BCUT2D eigenvalue weighted by Gasteiger charge is -2.07. The van der Waals surface area contributed by atoms with E-state index in [2.05, 4.69) is 10.6 Å². The second kappa shape index (κ2) is 8.92. The summed E-state index contributed by atoms with van der Waals surface area (Å²) in [7, 11) is 3.17. The highest BCUT2D eigenvalue weighted by Gasteiger charge is 2.11. The number of carbonyl (C=O) groups is 2. The first-order chi connectivity index (χ1) is 9.67. The highest BCUT2D eigenvalue weighted by molar-refractivity contribution is 6.35. The first kappa shape index (κ1) is 16.0. The van der Waals surface area contributed by atoms with Gasteiger partial charge >= 0.3 is 11.8 Å². The van der Waals surface area contributed by atoms with Crippen LogP contribution in [0.5, 0.6) is 5.75 Å². The number of methoxy groups -OCH3 is 2. The molecular formula is C14H20N2O4. The minimum absolute atomic E-state index is 0.300. The normalized spacial score (nSPS) is 9.90. The Hall–Kier alpha value is -2.08. The van der Waals surface area contributed by atoms with Gasteiger partial charge in [-0.25, -0.2) is 0 Å². The molecule has 1 aromatic rings. The summed E-state index contributed by atoms with van der Waals surface area (Å²) in [5.74, 6) is -0.524. The van der Waals surface area contributed by atoms with Crippen LogP contribution < -0.4 is 15.4 Å². The monoisotopic (exact) mass is 280 g/mol. The Morgan fingerprint density at radius 1 is 1.05 bits per heavy atom. The van der Waals surface area contributed by atoms with Crippen molar-refractivity contribution in [1.29, 1.82) is 0 Å². The molecular weight excluding hydrogens is 260 g/mol. The molecule has 0 saturated heterocycles. The molecule has 0 fully saturated rings. The molecule has 6 heteroatoms. The van der Waals surface area contributed by atoms with E-state index in [1.165, 1.54) is 0 Å². The van der Waals surface area contributed by atoms with Crippen LogP contribution in [0.3, 0.4) is 0 Å². The van der Waals surface area contributed by atoms with Gasteiger partial charge in [0.05, 0.1) is 7.11 Å². The van der Waals surface area contributed by atoms with Gasteiger partial charge in [-0.3, -0.25) is 9.59 Å². The highest BCUT2D eigenvalue weighted by atomic mass is 16.5. The molecule has 0 aliphatic carbocycles. The van der Waals surface area contributed by atoms with Crippen molar-refractivity contribution in [1.82, 2.24) is 10.6 Å². The molecule has 0 aliphatic heterocycles. The zero-order valence-electron chi connectivity index (χ0n) is 11.8. The number of nitrogens with one attached hydrogen (secondary N) is 2. The Bertz CT molecular complexity index is 431. The van der Waals surface area contributed by atoms with Crippen LogP contribution in [0.2, 0.25) is 0 Å². The molecule has 0 atom stereocenters. The predicted molar refractivity (Wildman–Crippen MR) is 74.3 cm³/mol. The van der Waals surface area contributed by atoms with E-state index in [-0.39, 0.29) is 0 Å². The molecule has 0 aliphatic rings. The van der Waals surface area contributed by atoms with Gasteiger partial charge in [0, 0.05) is 26.8 Å². The number of hydrogen-bond acceptors (Lipinski definition) is 4. The van der Waals surface area contributed by atoms with Gasteiger partial charge in [-0.2, -0.15) is 0 Å². The summed E-state index contributed by atoms with van der Waals surface area (Å²) in [6.45, 7) is 1.27. The predicted octanol–water partition coefficient (Wildman–Crippen LogP) is 0.464. The van der Waals surface area contributed by atoms with Crippen molar-refractivity contribution in [3.8, 4) is 5.75 Å². The van der Waals surface area contributed by atoms with Gasteiger partial charge in [0.15, 0.2) is 0 Å². The fraction of sp³-hybridized carbons (Fsp3) is 0.429. The largest absolute Gasteiger partial charge is 0.497 e. The number of benzene rings is 1. The van der Waals surface area contributed by atoms with Crippen LogP contribution in [0.25, 0.3) is 0 Å². The van der Waals surface area contributed by atoms with Crippen LogP contribution >= 0.6 is 0 Å². The number of ether oxygens (including phenoxy) is 2. The third kappa shape index (κ3) is 5.71. The van der Waals surface area contributed by atoms with E-state index in [0.29, 0.717) is 26.1 Å². The third-order valence-corrected chi connectivity index (χ3v) is 2.63. The van der Waals surface area contributed by atoms with Crippen LogP contribution in [-0.2, 0) is 20.9 Å². The van der Waals surface area contributed by atoms with Crippen molar-refractivity contribution in [3.05, 3.63) is 29.8 Å². The Kier molecular flexibility index (Phi) is 7.13. The van der Waals surface area contributed by atoms with E-state index in [4.69, 9.17) is 9.47 Å². The van der Waals surface area contributed by atoms with E-state index in [1.54, 1.807) is 26.4 Å². The lowest BCUT2D eigenvalue weighted by molar-refractivity contribution is -0.139. The maximum absolute atomic E-state index is 11.5. The summed E-state index contributed by atoms with van der Waals surface area (Å²) in [4.78, 5) is 23.0. The Labute approximate surface area is 118 Å². The Morgan fingerprint density at radius 2 is 1.70 bits per heavy atom. The molecule has 6 nitrogen and oxygen atoms in total. The van der Waals surface area contributed by atoms with Crippen LogP contribution in [0, 0.1) is 0 Å². The van der Waals surface area contributed by atoms with E-state index < -0.39 is 11.8 Å². The van der Waals surface area contributed by atoms with Crippen LogP contribution in [0.1, 0.15) is 12.0 Å². The molecule has 0 radical (unpaired) electrons. The van der Waals surface area contributed by atoms with Gasteiger partial charge in [-0.1, -0.05) is 12.1 Å². The van der Waals surface area contributed by atoms with Gasteiger partial charge in [-0.05, 0) is 24.1 Å². The van der Waals surface area contributed by atoms with Crippen LogP contribution in [0.4, 0.5) is 0 Å². The van der Waals surface area contributed by atoms with E-state index in [9.17, 15) is 9.59 Å². The maximum atomic E-state index is 11.5. The number of carbonyl (C=O) groups excluding carboxylic acids is 2. The number of amides is 2. The molecule has 2 amide bonds. The molecule has 110 valence electrons. The quantitative estimate of drug-likeness (QED) is 0.562. The third-order valence-electron chi connectivity index (χ3n) is 2.63. The van der Waals surface area contributed by atoms with Gasteiger partial charge in [-0.15, -0.1) is 0 Å². The Balaban J connectivity index is 2.29. The van der Waals surface area contributed by atoms with Crippen molar-refractivity contribution in [2.45, 2.75) is 13.0 Å². The first-order valence-corrected chi connectivity index (χ1v) is 6.35. The van der Waals surface area contributed by atoms with Crippen molar-refractivity contribution >= 4 is 11.8 Å². The topological polar surface area (TPSA) is 76.7 Å². The molecule has 0 bridgehead atoms. The van der Waals surface area contributed by atoms with Crippen molar-refractivity contribution in [2.24, 2.45) is 0 Å². The molecule has 20 heavy (non-hydrogen) atoms. The standard InChI is InChI=1S/C14H20N2O4/c1-19-9-3-8-15-13(17)14(18)16-10-11-4-6-12(20-2)7-5-11/h4-7H,3,8-10H2,1-2H3,(H,15,17)(H,16,18). The Morgan fingerprint density at radius 3 is 2.30 bits per heavy atom. The lowest BCUT2D eigenvalue weighted by atomic mass is 10.2. The minimum atomic E-state index is -0.641. The number of rotatable bonds is 7.